The van der Waals surface area contributed by atoms with Crippen molar-refractivity contribution >= 4 is 21.7 Å². The van der Waals surface area contributed by atoms with Crippen LogP contribution in [0.25, 0.3) is 0 Å². The molecule has 6 nitrogen and oxygen atoms in total. The van der Waals surface area contributed by atoms with E-state index < -0.39 is 16.1 Å². The van der Waals surface area contributed by atoms with Gasteiger partial charge in [0.1, 0.15) is 0 Å². The number of piperidine rings is 1. The van der Waals surface area contributed by atoms with Gasteiger partial charge in [0.05, 0.1) is 10.9 Å². The smallest absolute Gasteiger partial charge is 0.243 e. The maximum Gasteiger partial charge on any atom is 0.243 e. The molecule has 0 spiro atoms. The number of Topliss-reactive ketones (excluding diaryl/α,β-unsaturated/α-hetero) is 1. The first kappa shape index (κ1) is 28.5. The van der Waals surface area contributed by atoms with E-state index in [4.69, 9.17) is 0 Å². The number of sulfonamides is 1. The molecule has 4 rings (SSSR count). The molecular weight excluding hydrogens is 496 g/mol. The molecule has 7 heteroatoms. The van der Waals surface area contributed by atoms with Gasteiger partial charge >= 0.3 is 0 Å². The molecule has 0 bridgehead atoms. The van der Waals surface area contributed by atoms with Gasteiger partial charge in [-0.1, -0.05) is 73.7 Å². The molecule has 1 N–H and O–H groups in total. The van der Waals surface area contributed by atoms with E-state index in [0.717, 1.165) is 44.1 Å². The van der Waals surface area contributed by atoms with Crippen molar-refractivity contribution in [3.8, 4) is 0 Å². The van der Waals surface area contributed by atoms with Gasteiger partial charge in [0.2, 0.25) is 15.9 Å². The maximum absolute atomic E-state index is 13.3. The summed E-state index contributed by atoms with van der Waals surface area (Å²) in [5.74, 6) is -0.162. The SMILES string of the molecule is Cc1ccc(C[C@H](CCCC(=O)[C@@H]2CCCCN2S(=O)(=O)c2ccccc2)C(=O)NC2CCCCC2)cc1. The predicted octanol–water partition coefficient (Wildman–Crippen LogP) is 5.59. The summed E-state index contributed by atoms with van der Waals surface area (Å²) in [5, 5.41) is 3.29. The Kier molecular flexibility index (Phi) is 10.1. The molecule has 1 saturated heterocycles. The molecule has 1 aliphatic carbocycles. The average molecular weight is 539 g/mol. The van der Waals surface area contributed by atoms with Gasteiger partial charge in [-0.2, -0.15) is 4.31 Å². The summed E-state index contributed by atoms with van der Waals surface area (Å²) < 4.78 is 28.0. The molecule has 2 atom stereocenters. The summed E-state index contributed by atoms with van der Waals surface area (Å²) in [4.78, 5) is 26.9. The molecular formula is C31H42N2O4S. The normalized spacial score (nSPS) is 20.1. The largest absolute Gasteiger partial charge is 0.353 e. The van der Waals surface area contributed by atoms with E-state index in [9.17, 15) is 18.0 Å². The fourth-order valence-corrected chi connectivity index (χ4v) is 7.53. The van der Waals surface area contributed by atoms with E-state index >= 15 is 0 Å². The first-order valence-corrected chi connectivity index (χ1v) is 15.7. The summed E-state index contributed by atoms with van der Waals surface area (Å²) in [5.41, 5.74) is 2.31. The third kappa shape index (κ3) is 7.54. The fraction of sp³-hybridized carbons (Fsp3) is 0.548. The monoisotopic (exact) mass is 538 g/mol. The standard InChI is InChI=1S/C31H42N2O4S/c1-24-18-20-25(21-19-24)23-26(31(35)32-27-12-4-2-5-13-27)11-10-17-30(34)29-16-8-9-22-33(29)38(36,37)28-14-6-3-7-15-28/h3,6-7,14-15,18-21,26-27,29H,2,4-5,8-13,16-17,22-23H2,1H3,(H,32,35)/t26-,29-/m0/s1. The first-order chi connectivity index (χ1) is 18.3. The Bertz CT molecular complexity index is 1160. The van der Waals surface area contributed by atoms with Gasteiger partial charge in [-0.3, -0.25) is 9.59 Å². The average Bonchev–Trinajstić information content (AvgIpc) is 2.94. The summed E-state index contributed by atoms with van der Waals surface area (Å²) >= 11 is 0. The van der Waals surface area contributed by atoms with Crippen LogP contribution in [0.5, 0.6) is 0 Å². The minimum atomic E-state index is -3.72. The van der Waals surface area contributed by atoms with Crippen LogP contribution >= 0.6 is 0 Å². The molecule has 1 amide bonds. The van der Waals surface area contributed by atoms with Crippen molar-refractivity contribution < 1.29 is 18.0 Å². The Morgan fingerprint density at radius 2 is 1.61 bits per heavy atom. The van der Waals surface area contributed by atoms with Crippen molar-refractivity contribution in [2.45, 2.75) is 101 Å². The van der Waals surface area contributed by atoms with Gasteiger partial charge in [0.15, 0.2) is 5.78 Å². The van der Waals surface area contributed by atoms with Gasteiger partial charge in [0.25, 0.3) is 0 Å². The number of carbonyl (C=O) groups is 2. The molecule has 38 heavy (non-hydrogen) atoms. The molecule has 2 aliphatic rings. The van der Waals surface area contributed by atoms with Crippen molar-refractivity contribution in [1.82, 2.24) is 9.62 Å². The first-order valence-electron chi connectivity index (χ1n) is 14.3. The van der Waals surface area contributed by atoms with Gasteiger partial charge in [-0.05, 0) is 69.6 Å². The molecule has 0 radical (unpaired) electrons. The number of carbonyl (C=O) groups excluding carboxylic acids is 2. The van der Waals surface area contributed by atoms with Gasteiger partial charge in [-0.25, -0.2) is 8.42 Å². The Morgan fingerprint density at radius 1 is 0.921 bits per heavy atom. The highest BCUT2D eigenvalue weighted by atomic mass is 32.2. The Balaban J connectivity index is 1.39. The second-order valence-electron chi connectivity index (χ2n) is 11.0. The van der Waals surface area contributed by atoms with E-state index in [2.05, 4.69) is 36.5 Å². The molecule has 1 heterocycles. The van der Waals surface area contributed by atoms with E-state index in [1.165, 1.54) is 16.3 Å². The summed E-state index contributed by atoms with van der Waals surface area (Å²) in [6.07, 6.45) is 9.89. The third-order valence-corrected chi connectivity index (χ3v) is 10.00. The second kappa shape index (κ2) is 13.5. The number of hydrogen-bond acceptors (Lipinski definition) is 4. The molecule has 2 aromatic carbocycles. The van der Waals surface area contributed by atoms with Crippen molar-refractivity contribution in [3.63, 3.8) is 0 Å². The highest BCUT2D eigenvalue weighted by molar-refractivity contribution is 7.89. The van der Waals surface area contributed by atoms with Crippen molar-refractivity contribution in [3.05, 3.63) is 65.7 Å². The van der Waals surface area contributed by atoms with Crippen LogP contribution in [-0.4, -0.2) is 43.0 Å². The highest BCUT2D eigenvalue weighted by Gasteiger charge is 2.37. The topological polar surface area (TPSA) is 83.6 Å². The van der Waals surface area contributed by atoms with Crippen LogP contribution in [0.15, 0.2) is 59.5 Å². The van der Waals surface area contributed by atoms with Crippen LogP contribution in [0, 0.1) is 12.8 Å². The second-order valence-corrected chi connectivity index (χ2v) is 12.9. The number of nitrogens with zero attached hydrogens (tertiary/aromatic N) is 1. The van der Waals surface area contributed by atoms with E-state index in [1.807, 2.05) is 0 Å². The zero-order chi connectivity index (χ0) is 27.0. The molecule has 0 unspecified atom stereocenters. The van der Waals surface area contributed by atoms with Gasteiger partial charge < -0.3 is 5.32 Å². The highest BCUT2D eigenvalue weighted by Crippen LogP contribution is 2.28. The zero-order valence-corrected chi connectivity index (χ0v) is 23.4. The lowest BCUT2D eigenvalue weighted by molar-refractivity contribution is -0.127. The van der Waals surface area contributed by atoms with Gasteiger partial charge in [0, 0.05) is 24.9 Å². The van der Waals surface area contributed by atoms with Crippen molar-refractivity contribution in [1.29, 1.82) is 0 Å². The fourth-order valence-electron chi connectivity index (χ4n) is 5.83. The van der Waals surface area contributed by atoms with Crippen molar-refractivity contribution in [2.24, 2.45) is 5.92 Å². The van der Waals surface area contributed by atoms with Crippen LogP contribution in [0.2, 0.25) is 0 Å². The molecule has 2 fully saturated rings. The quantitative estimate of drug-likeness (QED) is 0.405. The number of amides is 1. The lowest BCUT2D eigenvalue weighted by atomic mass is 9.89. The van der Waals surface area contributed by atoms with Gasteiger partial charge in [-0.15, -0.1) is 0 Å². The number of ketones is 1. The Morgan fingerprint density at radius 3 is 2.32 bits per heavy atom. The Hall–Kier alpha value is -2.51. The molecule has 0 aromatic heterocycles. The minimum absolute atomic E-state index is 0.0361. The van der Waals surface area contributed by atoms with Crippen LogP contribution in [0.1, 0.15) is 81.8 Å². The Labute approximate surface area is 228 Å². The van der Waals surface area contributed by atoms with Crippen LogP contribution in [0.4, 0.5) is 0 Å². The molecule has 206 valence electrons. The number of benzene rings is 2. The summed E-state index contributed by atoms with van der Waals surface area (Å²) in [6.45, 7) is 2.42. The lowest BCUT2D eigenvalue weighted by Crippen LogP contribution is -2.47. The number of aryl methyl sites for hydroxylation is 1. The van der Waals surface area contributed by atoms with Crippen molar-refractivity contribution in [2.75, 3.05) is 6.54 Å². The van der Waals surface area contributed by atoms with Crippen LogP contribution < -0.4 is 5.32 Å². The maximum atomic E-state index is 13.3. The number of nitrogens with one attached hydrogen (secondary N) is 1. The lowest BCUT2D eigenvalue weighted by Gasteiger charge is -2.33. The minimum Gasteiger partial charge on any atom is -0.353 e. The van der Waals surface area contributed by atoms with Crippen LogP contribution in [0.3, 0.4) is 0 Å². The third-order valence-electron chi connectivity index (χ3n) is 8.08. The molecule has 1 saturated carbocycles. The number of rotatable bonds is 11. The number of hydrogen-bond donors (Lipinski definition) is 1. The molecule has 2 aromatic rings. The van der Waals surface area contributed by atoms with E-state index in [1.54, 1.807) is 30.3 Å². The summed E-state index contributed by atoms with van der Waals surface area (Å²) in [6, 6.07) is 16.3. The van der Waals surface area contributed by atoms with E-state index in [0.29, 0.717) is 32.2 Å². The zero-order valence-electron chi connectivity index (χ0n) is 22.6. The van der Waals surface area contributed by atoms with E-state index in [-0.39, 0.29) is 35.0 Å². The molecule has 1 aliphatic heterocycles. The summed E-state index contributed by atoms with van der Waals surface area (Å²) in [7, 11) is -3.72. The van der Waals surface area contributed by atoms with Crippen LogP contribution in [-0.2, 0) is 26.0 Å². The predicted molar refractivity (Wildman–Crippen MR) is 150 cm³/mol.